The Morgan fingerprint density at radius 1 is 0.391 bits per heavy atom. The van der Waals surface area contributed by atoms with Crippen molar-refractivity contribution in [2.45, 2.75) is 0 Å². The van der Waals surface area contributed by atoms with Crippen LogP contribution in [0.4, 0.5) is 0 Å². The van der Waals surface area contributed by atoms with E-state index < -0.39 is 0 Å². The molecule has 0 saturated heterocycles. The Hall–Kier alpha value is -6.12. The number of benzene rings is 8. The number of ether oxygens (including phenoxy) is 1. The van der Waals surface area contributed by atoms with E-state index in [1.54, 1.807) is 0 Å². The average Bonchev–Trinajstić information content (AvgIpc) is 3.46. The molecule has 8 aromatic carbocycles. The first-order chi connectivity index (χ1) is 22.8. The summed E-state index contributed by atoms with van der Waals surface area (Å²) in [6.45, 7) is 0. The van der Waals surface area contributed by atoms with Crippen molar-refractivity contribution in [2.24, 2.45) is 0 Å². The summed E-state index contributed by atoms with van der Waals surface area (Å²) in [5, 5.41) is 7.38. The summed E-state index contributed by atoms with van der Waals surface area (Å²) >= 11 is 0. The second-order valence-corrected chi connectivity index (χ2v) is 12.1. The van der Waals surface area contributed by atoms with Crippen LogP contribution in [0.15, 0.2) is 164 Å². The van der Waals surface area contributed by atoms with Gasteiger partial charge in [0.2, 0.25) is 0 Å². The van der Waals surface area contributed by atoms with E-state index in [1.807, 2.05) is 12.1 Å². The van der Waals surface area contributed by atoms with Gasteiger partial charge in [-0.3, -0.25) is 0 Å². The van der Waals surface area contributed by atoms with Crippen LogP contribution in [-0.4, -0.2) is 4.57 Å². The minimum absolute atomic E-state index is 0.909. The molecule has 0 N–H and O–H groups in total. The predicted octanol–water partition coefficient (Wildman–Crippen LogP) is 12.2. The molecule has 2 nitrogen and oxygen atoms in total. The lowest BCUT2D eigenvalue weighted by Gasteiger charge is -2.23. The summed E-state index contributed by atoms with van der Waals surface area (Å²) in [6.07, 6.45) is 0. The van der Waals surface area contributed by atoms with Crippen molar-refractivity contribution in [3.8, 4) is 50.6 Å². The van der Waals surface area contributed by atoms with Crippen molar-refractivity contribution >= 4 is 43.4 Å². The van der Waals surface area contributed by atoms with Crippen LogP contribution < -0.4 is 4.74 Å². The van der Waals surface area contributed by atoms with E-state index in [0.29, 0.717) is 0 Å². The highest BCUT2D eigenvalue weighted by molar-refractivity contribution is 6.19. The third-order valence-electron chi connectivity index (χ3n) is 9.59. The Morgan fingerprint density at radius 2 is 1.13 bits per heavy atom. The SMILES string of the molecule is c1ccc(-n2c3ccc(-c4ccccc4-c4ccc5c6c(cccc46)-c4ccccc4O5)cc3c3ccc4ccccc4c32)cc1. The molecule has 0 fully saturated rings. The summed E-state index contributed by atoms with van der Waals surface area (Å²) in [5.74, 6) is 1.82. The van der Waals surface area contributed by atoms with E-state index in [2.05, 4.69) is 156 Å². The summed E-state index contributed by atoms with van der Waals surface area (Å²) in [5.41, 5.74) is 10.8. The Labute approximate surface area is 266 Å². The monoisotopic (exact) mass is 585 g/mol. The van der Waals surface area contributed by atoms with Gasteiger partial charge in [-0.05, 0) is 75.0 Å². The normalized spacial score (nSPS) is 12.1. The molecule has 9 aromatic rings. The van der Waals surface area contributed by atoms with Gasteiger partial charge in [0.05, 0.1) is 11.0 Å². The number of nitrogens with zero attached hydrogens (tertiary/aromatic N) is 1. The third kappa shape index (κ3) is 3.59. The highest BCUT2D eigenvalue weighted by Crippen LogP contribution is 2.49. The fourth-order valence-electron chi connectivity index (χ4n) is 7.58. The van der Waals surface area contributed by atoms with E-state index in [0.717, 1.165) is 17.1 Å². The molecule has 0 spiro atoms. The molecule has 46 heavy (non-hydrogen) atoms. The van der Waals surface area contributed by atoms with E-state index in [1.165, 1.54) is 76.9 Å². The lowest BCUT2D eigenvalue weighted by Crippen LogP contribution is -1.98. The van der Waals surface area contributed by atoms with Gasteiger partial charge in [0.15, 0.2) is 0 Å². The van der Waals surface area contributed by atoms with Crippen LogP contribution in [0.3, 0.4) is 0 Å². The number of aromatic nitrogens is 1. The van der Waals surface area contributed by atoms with Crippen LogP contribution >= 0.6 is 0 Å². The van der Waals surface area contributed by atoms with Crippen molar-refractivity contribution in [1.29, 1.82) is 0 Å². The highest BCUT2D eigenvalue weighted by atomic mass is 16.5. The fraction of sp³-hybridized carbons (Fsp3) is 0. The van der Waals surface area contributed by atoms with Gasteiger partial charge in [-0.1, -0.05) is 127 Å². The van der Waals surface area contributed by atoms with Gasteiger partial charge in [-0.2, -0.15) is 0 Å². The second kappa shape index (κ2) is 9.69. The highest BCUT2D eigenvalue weighted by Gasteiger charge is 2.22. The molecule has 2 heterocycles. The Kier molecular flexibility index (Phi) is 5.31. The van der Waals surface area contributed by atoms with Gasteiger partial charge in [0.25, 0.3) is 0 Å². The van der Waals surface area contributed by atoms with Crippen molar-refractivity contribution in [3.63, 3.8) is 0 Å². The summed E-state index contributed by atoms with van der Waals surface area (Å²) in [6, 6.07) is 59.0. The van der Waals surface area contributed by atoms with E-state index in [4.69, 9.17) is 4.74 Å². The molecular formula is C44H27NO. The Morgan fingerprint density at radius 3 is 2.04 bits per heavy atom. The molecule has 10 rings (SSSR count). The van der Waals surface area contributed by atoms with Gasteiger partial charge in [-0.15, -0.1) is 0 Å². The molecule has 214 valence electrons. The molecule has 1 aliphatic heterocycles. The molecule has 0 bridgehead atoms. The minimum Gasteiger partial charge on any atom is -0.456 e. The maximum Gasteiger partial charge on any atom is 0.135 e. The molecule has 0 unspecified atom stereocenters. The molecule has 0 saturated carbocycles. The predicted molar refractivity (Wildman–Crippen MR) is 192 cm³/mol. The largest absolute Gasteiger partial charge is 0.456 e. The first-order valence-corrected chi connectivity index (χ1v) is 15.8. The van der Waals surface area contributed by atoms with Gasteiger partial charge in [0.1, 0.15) is 11.5 Å². The van der Waals surface area contributed by atoms with Crippen LogP contribution in [0.1, 0.15) is 0 Å². The quantitative estimate of drug-likeness (QED) is 0.201. The topological polar surface area (TPSA) is 14.2 Å². The number of fused-ring (bicyclic) bond motifs is 7. The number of hydrogen-bond acceptors (Lipinski definition) is 1. The molecule has 0 aliphatic carbocycles. The lowest BCUT2D eigenvalue weighted by molar-refractivity contribution is 0.487. The van der Waals surface area contributed by atoms with Crippen LogP contribution in [0, 0.1) is 0 Å². The fourth-order valence-corrected chi connectivity index (χ4v) is 7.58. The zero-order chi connectivity index (χ0) is 30.2. The number of rotatable bonds is 3. The molecule has 0 atom stereocenters. The van der Waals surface area contributed by atoms with Gasteiger partial charge >= 0.3 is 0 Å². The third-order valence-corrected chi connectivity index (χ3v) is 9.59. The van der Waals surface area contributed by atoms with E-state index in [9.17, 15) is 0 Å². The smallest absolute Gasteiger partial charge is 0.135 e. The van der Waals surface area contributed by atoms with Crippen molar-refractivity contribution in [2.75, 3.05) is 0 Å². The zero-order valence-corrected chi connectivity index (χ0v) is 24.9. The minimum atomic E-state index is 0.909. The molecule has 1 aromatic heterocycles. The van der Waals surface area contributed by atoms with Crippen LogP contribution in [0.25, 0.3) is 82.4 Å². The standard InChI is InChI=1S/C44H27NO/c1-2-12-30(13-3-1)45-40-25-22-29(27-39(40)38-23-21-28-11-4-5-15-32(28)44(38)45)31-14-6-7-16-33(31)34-24-26-42-43-36(34)18-10-19-37(43)35-17-8-9-20-41(35)46-42/h1-27H. The number of hydrogen-bond donors (Lipinski definition) is 0. The van der Waals surface area contributed by atoms with Gasteiger partial charge in [-0.25, -0.2) is 0 Å². The van der Waals surface area contributed by atoms with Crippen molar-refractivity contribution in [1.82, 2.24) is 4.57 Å². The van der Waals surface area contributed by atoms with Gasteiger partial charge in [0, 0.05) is 32.8 Å². The summed E-state index contributed by atoms with van der Waals surface area (Å²) in [4.78, 5) is 0. The summed E-state index contributed by atoms with van der Waals surface area (Å²) < 4.78 is 8.83. The number of para-hydroxylation sites is 2. The Balaban J connectivity index is 1.22. The molecule has 1 aliphatic rings. The van der Waals surface area contributed by atoms with E-state index >= 15 is 0 Å². The first kappa shape index (κ1) is 25.2. The van der Waals surface area contributed by atoms with Crippen molar-refractivity contribution < 1.29 is 4.74 Å². The molecule has 0 amide bonds. The van der Waals surface area contributed by atoms with E-state index in [-0.39, 0.29) is 0 Å². The molecular weight excluding hydrogens is 558 g/mol. The second-order valence-electron chi connectivity index (χ2n) is 12.1. The first-order valence-electron chi connectivity index (χ1n) is 15.8. The maximum atomic E-state index is 6.41. The summed E-state index contributed by atoms with van der Waals surface area (Å²) in [7, 11) is 0. The average molecular weight is 586 g/mol. The van der Waals surface area contributed by atoms with Crippen LogP contribution in [0.5, 0.6) is 11.5 Å². The van der Waals surface area contributed by atoms with Crippen LogP contribution in [-0.2, 0) is 0 Å². The van der Waals surface area contributed by atoms with Crippen molar-refractivity contribution in [3.05, 3.63) is 164 Å². The lowest BCUT2D eigenvalue weighted by atomic mass is 9.87. The zero-order valence-electron chi connectivity index (χ0n) is 24.9. The van der Waals surface area contributed by atoms with Crippen LogP contribution in [0.2, 0.25) is 0 Å². The van der Waals surface area contributed by atoms with Gasteiger partial charge < -0.3 is 9.30 Å². The maximum absolute atomic E-state index is 6.41. The molecule has 0 radical (unpaired) electrons. The molecule has 2 heteroatoms. The Bertz CT molecular complexity index is 2660.